The number of carbonyl (C=O) groups is 3. The number of hydrogen-bond acceptors (Lipinski definition) is 4. The molecular formula is C19H26N4O3. The normalized spacial score (nSPS) is 23.0. The first-order chi connectivity index (χ1) is 12.6. The average molecular weight is 358 g/mol. The highest BCUT2D eigenvalue weighted by Gasteiger charge is 2.28. The van der Waals surface area contributed by atoms with Gasteiger partial charge in [0.2, 0.25) is 11.8 Å². The summed E-state index contributed by atoms with van der Waals surface area (Å²) in [4.78, 5) is 39.1. The van der Waals surface area contributed by atoms with Crippen LogP contribution >= 0.6 is 0 Å². The predicted molar refractivity (Wildman–Crippen MR) is 98.8 cm³/mol. The average Bonchev–Trinajstić information content (AvgIpc) is 3.06. The van der Waals surface area contributed by atoms with Gasteiger partial charge in [-0.05, 0) is 44.5 Å². The van der Waals surface area contributed by atoms with Crippen LogP contribution in [0.15, 0.2) is 24.3 Å². The fourth-order valence-electron chi connectivity index (χ4n) is 3.65. The number of likely N-dealkylation sites (tertiary alicyclic amines) is 1. The van der Waals surface area contributed by atoms with Gasteiger partial charge in [0.15, 0.2) is 0 Å². The molecule has 1 aromatic carbocycles. The minimum atomic E-state index is -0.709. The summed E-state index contributed by atoms with van der Waals surface area (Å²) < 4.78 is 0. The Labute approximate surface area is 153 Å². The fraction of sp³-hybridized carbons (Fsp3) is 0.526. The van der Waals surface area contributed by atoms with Crippen molar-refractivity contribution < 1.29 is 14.4 Å². The van der Waals surface area contributed by atoms with Crippen molar-refractivity contribution in [3.63, 3.8) is 0 Å². The molecule has 2 aliphatic heterocycles. The number of rotatable bonds is 6. The van der Waals surface area contributed by atoms with Gasteiger partial charge in [0.25, 0.3) is 5.91 Å². The van der Waals surface area contributed by atoms with Gasteiger partial charge >= 0.3 is 0 Å². The molecule has 0 spiro atoms. The predicted octanol–water partition coefficient (Wildman–Crippen LogP) is 1.12. The Morgan fingerprint density at radius 2 is 2.12 bits per heavy atom. The van der Waals surface area contributed by atoms with E-state index in [9.17, 15) is 14.4 Å². The first-order valence-corrected chi connectivity index (χ1v) is 9.30. The molecule has 0 aliphatic carbocycles. The van der Waals surface area contributed by atoms with Crippen LogP contribution in [0, 0.1) is 0 Å². The summed E-state index contributed by atoms with van der Waals surface area (Å²) in [5.41, 5.74) is 0.941. The Bertz CT molecular complexity index is 691. The molecule has 2 aliphatic rings. The summed E-state index contributed by atoms with van der Waals surface area (Å²) in [7, 11) is 0. The standard InChI is InChI=1S/C19H26N4O3/c1-2-23-11-5-6-13(23)12-20-17(24)10-9-16-19(26)21-15-8-4-3-7-14(15)18(25)22-16/h3-4,7-8,13,16H,2,5-6,9-12H2,1H3,(H,20,24)(H,21,26)(H,22,25)/t13-,16-/m0/s1. The fourth-order valence-corrected chi connectivity index (χ4v) is 3.65. The topological polar surface area (TPSA) is 90.5 Å². The Morgan fingerprint density at radius 3 is 2.92 bits per heavy atom. The van der Waals surface area contributed by atoms with Crippen molar-refractivity contribution >= 4 is 23.4 Å². The van der Waals surface area contributed by atoms with E-state index in [0.29, 0.717) is 23.8 Å². The third-order valence-corrected chi connectivity index (χ3v) is 5.15. The van der Waals surface area contributed by atoms with E-state index in [-0.39, 0.29) is 30.6 Å². The Kier molecular flexibility index (Phi) is 5.88. The first-order valence-electron chi connectivity index (χ1n) is 9.30. The highest BCUT2D eigenvalue weighted by atomic mass is 16.2. The molecule has 7 nitrogen and oxygen atoms in total. The Hall–Kier alpha value is -2.41. The molecule has 3 amide bonds. The second-order valence-corrected chi connectivity index (χ2v) is 6.83. The van der Waals surface area contributed by atoms with E-state index in [1.165, 1.54) is 6.42 Å². The largest absolute Gasteiger partial charge is 0.355 e. The molecule has 0 bridgehead atoms. The molecule has 0 radical (unpaired) electrons. The molecule has 0 saturated carbocycles. The third-order valence-electron chi connectivity index (χ3n) is 5.15. The van der Waals surface area contributed by atoms with Gasteiger partial charge in [0, 0.05) is 19.0 Å². The van der Waals surface area contributed by atoms with Gasteiger partial charge in [-0.2, -0.15) is 0 Å². The van der Waals surface area contributed by atoms with E-state index in [4.69, 9.17) is 0 Å². The maximum Gasteiger partial charge on any atom is 0.254 e. The van der Waals surface area contributed by atoms with Gasteiger partial charge in [-0.25, -0.2) is 0 Å². The van der Waals surface area contributed by atoms with Gasteiger partial charge in [-0.1, -0.05) is 19.1 Å². The molecule has 140 valence electrons. The molecule has 1 saturated heterocycles. The van der Waals surface area contributed by atoms with Crippen molar-refractivity contribution in [2.24, 2.45) is 0 Å². The quantitative estimate of drug-likeness (QED) is 0.711. The molecule has 0 unspecified atom stereocenters. The van der Waals surface area contributed by atoms with Crippen molar-refractivity contribution in [3.05, 3.63) is 29.8 Å². The lowest BCUT2D eigenvalue weighted by Gasteiger charge is -2.23. The minimum absolute atomic E-state index is 0.0863. The number of carbonyl (C=O) groups excluding carboxylic acids is 3. The Morgan fingerprint density at radius 1 is 1.31 bits per heavy atom. The number of fused-ring (bicyclic) bond motifs is 1. The van der Waals surface area contributed by atoms with Crippen LogP contribution in [0.3, 0.4) is 0 Å². The van der Waals surface area contributed by atoms with Crippen LogP contribution in [0.4, 0.5) is 5.69 Å². The van der Waals surface area contributed by atoms with E-state index in [2.05, 4.69) is 27.8 Å². The van der Waals surface area contributed by atoms with Crippen LogP contribution in [-0.4, -0.2) is 54.3 Å². The zero-order valence-electron chi connectivity index (χ0n) is 15.1. The van der Waals surface area contributed by atoms with E-state index in [0.717, 1.165) is 19.5 Å². The van der Waals surface area contributed by atoms with Crippen LogP contribution in [0.25, 0.3) is 0 Å². The maximum absolute atomic E-state index is 12.3. The zero-order chi connectivity index (χ0) is 18.5. The van der Waals surface area contributed by atoms with Crippen molar-refractivity contribution in [1.82, 2.24) is 15.5 Å². The van der Waals surface area contributed by atoms with Crippen LogP contribution < -0.4 is 16.0 Å². The molecule has 7 heteroatoms. The minimum Gasteiger partial charge on any atom is -0.355 e. The van der Waals surface area contributed by atoms with E-state index in [1.807, 2.05) is 0 Å². The summed E-state index contributed by atoms with van der Waals surface area (Å²) in [6.07, 6.45) is 2.75. The molecule has 2 atom stereocenters. The van der Waals surface area contributed by atoms with E-state index >= 15 is 0 Å². The highest BCUT2D eigenvalue weighted by Crippen LogP contribution is 2.19. The molecule has 1 fully saturated rings. The lowest BCUT2D eigenvalue weighted by molar-refractivity contribution is -0.122. The summed E-state index contributed by atoms with van der Waals surface area (Å²) in [5.74, 6) is -0.672. The number of para-hydroxylation sites is 1. The lowest BCUT2D eigenvalue weighted by atomic mass is 10.1. The van der Waals surface area contributed by atoms with Gasteiger partial charge in [-0.15, -0.1) is 0 Å². The molecule has 1 aromatic rings. The van der Waals surface area contributed by atoms with Crippen molar-refractivity contribution in [2.75, 3.05) is 25.0 Å². The number of anilines is 1. The molecule has 0 aromatic heterocycles. The van der Waals surface area contributed by atoms with Crippen molar-refractivity contribution in [3.8, 4) is 0 Å². The van der Waals surface area contributed by atoms with E-state index in [1.54, 1.807) is 24.3 Å². The van der Waals surface area contributed by atoms with Crippen LogP contribution in [0.1, 0.15) is 43.0 Å². The summed E-state index contributed by atoms with van der Waals surface area (Å²) >= 11 is 0. The number of benzene rings is 1. The summed E-state index contributed by atoms with van der Waals surface area (Å²) in [5, 5.41) is 8.43. The third kappa shape index (κ3) is 4.22. The summed E-state index contributed by atoms with van der Waals surface area (Å²) in [6, 6.07) is 6.58. The van der Waals surface area contributed by atoms with Crippen molar-refractivity contribution in [2.45, 2.75) is 44.7 Å². The van der Waals surface area contributed by atoms with Gasteiger partial charge in [0.1, 0.15) is 6.04 Å². The first kappa shape index (κ1) is 18.4. The monoisotopic (exact) mass is 358 g/mol. The number of amides is 3. The number of likely N-dealkylation sites (N-methyl/N-ethyl adjacent to an activating group) is 1. The second-order valence-electron chi connectivity index (χ2n) is 6.83. The number of nitrogens with one attached hydrogen (secondary N) is 3. The SMILES string of the molecule is CCN1CCC[C@H]1CNC(=O)CC[C@@H]1NC(=O)c2ccccc2NC1=O. The number of hydrogen-bond donors (Lipinski definition) is 3. The van der Waals surface area contributed by atoms with Crippen molar-refractivity contribution in [1.29, 1.82) is 0 Å². The van der Waals surface area contributed by atoms with Gasteiger partial charge < -0.3 is 16.0 Å². The second kappa shape index (κ2) is 8.31. The van der Waals surface area contributed by atoms with Gasteiger partial charge in [-0.3, -0.25) is 19.3 Å². The number of nitrogens with zero attached hydrogens (tertiary/aromatic N) is 1. The Balaban J connectivity index is 1.49. The van der Waals surface area contributed by atoms with Crippen LogP contribution in [0.5, 0.6) is 0 Å². The zero-order valence-corrected chi connectivity index (χ0v) is 15.1. The lowest BCUT2D eigenvalue weighted by Crippen LogP contribution is -2.43. The summed E-state index contributed by atoms with van der Waals surface area (Å²) in [6.45, 7) is 4.86. The van der Waals surface area contributed by atoms with Crippen LogP contribution in [-0.2, 0) is 9.59 Å². The van der Waals surface area contributed by atoms with E-state index < -0.39 is 6.04 Å². The molecule has 2 heterocycles. The highest BCUT2D eigenvalue weighted by molar-refractivity contribution is 6.09. The molecule has 26 heavy (non-hydrogen) atoms. The van der Waals surface area contributed by atoms with Crippen LogP contribution in [0.2, 0.25) is 0 Å². The van der Waals surface area contributed by atoms with Gasteiger partial charge in [0.05, 0.1) is 11.3 Å². The smallest absolute Gasteiger partial charge is 0.254 e. The maximum atomic E-state index is 12.3. The molecular weight excluding hydrogens is 332 g/mol. The molecule has 3 rings (SSSR count). The molecule has 3 N–H and O–H groups in total.